The van der Waals surface area contributed by atoms with Gasteiger partial charge in [-0.25, -0.2) is 0 Å². The fourth-order valence-corrected chi connectivity index (χ4v) is 2.05. The molecule has 100 valence electrons. The summed E-state index contributed by atoms with van der Waals surface area (Å²) in [6, 6.07) is 6.00. The number of amides is 1. The predicted molar refractivity (Wildman–Crippen MR) is 78.9 cm³/mol. The first-order valence-corrected chi connectivity index (χ1v) is 6.70. The summed E-state index contributed by atoms with van der Waals surface area (Å²) >= 11 is 3.47. The molecule has 0 aliphatic heterocycles. The summed E-state index contributed by atoms with van der Waals surface area (Å²) < 4.78 is 0.976. The minimum absolute atomic E-state index is 0.00400. The Labute approximate surface area is 117 Å². The molecule has 5 heteroatoms. The molecule has 4 nitrogen and oxygen atoms in total. The number of hydrogen-bond acceptors (Lipinski definition) is 3. The minimum Gasteiger partial charge on any atom is -0.375 e. The van der Waals surface area contributed by atoms with Gasteiger partial charge in [-0.05, 0) is 54.6 Å². The van der Waals surface area contributed by atoms with Crippen LogP contribution < -0.4 is 10.6 Å². The maximum atomic E-state index is 11.6. The van der Waals surface area contributed by atoms with Gasteiger partial charge in [0.15, 0.2) is 0 Å². The zero-order valence-corrected chi connectivity index (χ0v) is 12.7. The summed E-state index contributed by atoms with van der Waals surface area (Å²) in [6.07, 6.45) is 0. The molecule has 0 saturated heterocycles. The van der Waals surface area contributed by atoms with Crippen molar-refractivity contribution < 1.29 is 4.79 Å². The van der Waals surface area contributed by atoms with Crippen molar-refractivity contribution in [3.05, 3.63) is 28.2 Å². The van der Waals surface area contributed by atoms with Crippen LogP contribution in [-0.2, 0) is 4.79 Å². The Hall–Kier alpha value is -1.07. The summed E-state index contributed by atoms with van der Waals surface area (Å²) in [5.41, 5.74) is 2.12. The molecule has 0 bridgehead atoms. The van der Waals surface area contributed by atoms with E-state index in [0.717, 1.165) is 16.7 Å². The van der Waals surface area contributed by atoms with Gasteiger partial charge in [0.1, 0.15) is 0 Å². The van der Waals surface area contributed by atoms with E-state index in [1.165, 1.54) is 5.56 Å². The lowest BCUT2D eigenvalue weighted by Crippen LogP contribution is -2.35. The van der Waals surface area contributed by atoms with Crippen LogP contribution in [0.4, 0.5) is 5.69 Å². The first kappa shape index (κ1) is 15.0. The van der Waals surface area contributed by atoms with E-state index in [2.05, 4.69) is 26.6 Å². The molecular formula is C13H20BrN3O. The Bertz CT molecular complexity index is 407. The van der Waals surface area contributed by atoms with Crippen LogP contribution in [0.1, 0.15) is 5.56 Å². The van der Waals surface area contributed by atoms with E-state index >= 15 is 0 Å². The molecule has 0 saturated carbocycles. The number of carbonyl (C=O) groups excluding carboxylic acids is 1. The first-order valence-electron chi connectivity index (χ1n) is 5.90. The highest BCUT2D eigenvalue weighted by molar-refractivity contribution is 9.10. The molecule has 1 amide bonds. The van der Waals surface area contributed by atoms with Crippen LogP contribution in [0.2, 0.25) is 0 Å². The van der Waals surface area contributed by atoms with Gasteiger partial charge < -0.3 is 15.5 Å². The average Bonchev–Trinajstić information content (AvgIpc) is 2.27. The number of carbonyl (C=O) groups is 1. The van der Waals surface area contributed by atoms with Crippen LogP contribution in [0.15, 0.2) is 22.7 Å². The molecule has 0 atom stereocenters. The van der Waals surface area contributed by atoms with Gasteiger partial charge in [0.2, 0.25) is 5.91 Å². The van der Waals surface area contributed by atoms with Crippen molar-refractivity contribution in [3.8, 4) is 0 Å². The van der Waals surface area contributed by atoms with Crippen molar-refractivity contribution in [2.24, 2.45) is 0 Å². The number of halogens is 1. The van der Waals surface area contributed by atoms with Crippen molar-refractivity contribution in [1.82, 2.24) is 10.2 Å². The zero-order chi connectivity index (χ0) is 13.5. The zero-order valence-electron chi connectivity index (χ0n) is 11.1. The quantitative estimate of drug-likeness (QED) is 0.842. The Morgan fingerprint density at radius 2 is 2.11 bits per heavy atom. The van der Waals surface area contributed by atoms with E-state index in [-0.39, 0.29) is 12.5 Å². The Kier molecular flexibility index (Phi) is 6.15. The highest BCUT2D eigenvalue weighted by atomic mass is 79.9. The average molecular weight is 314 g/mol. The molecule has 0 heterocycles. The Balaban J connectivity index is 2.33. The molecule has 18 heavy (non-hydrogen) atoms. The van der Waals surface area contributed by atoms with Crippen LogP contribution in [0.3, 0.4) is 0 Å². The summed E-state index contributed by atoms with van der Waals surface area (Å²) in [6.45, 7) is 3.83. The molecule has 1 aromatic carbocycles. The van der Waals surface area contributed by atoms with E-state index in [9.17, 15) is 4.79 Å². The number of nitrogens with one attached hydrogen (secondary N) is 2. The summed E-state index contributed by atoms with van der Waals surface area (Å²) in [5, 5.41) is 5.96. The first-order chi connectivity index (χ1) is 8.49. The van der Waals surface area contributed by atoms with Crippen molar-refractivity contribution >= 4 is 27.5 Å². The topological polar surface area (TPSA) is 44.4 Å². The van der Waals surface area contributed by atoms with Gasteiger partial charge in [0.05, 0.1) is 6.54 Å². The van der Waals surface area contributed by atoms with Crippen LogP contribution in [0.25, 0.3) is 0 Å². The molecule has 0 radical (unpaired) electrons. The molecule has 0 fully saturated rings. The standard InChI is InChI=1S/C13H20BrN3O/c1-10-4-5-12(11(14)8-10)16-9-13(18)15-6-7-17(2)3/h4-5,8,16H,6-7,9H2,1-3H3,(H,15,18). The van der Waals surface area contributed by atoms with E-state index in [0.29, 0.717) is 6.54 Å². The van der Waals surface area contributed by atoms with Gasteiger partial charge in [-0.2, -0.15) is 0 Å². The number of nitrogens with zero attached hydrogens (tertiary/aromatic N) is 1. The van der Waals surface area contributed by atoms with Crippen molar-refractivity contribution in [1.29, 1.82) is 0 Å². The lowest BCUT2D eigenvalue weighted by molar-refractivity contribution is -0.119. The maximum Gasteiger partial charge on any atom is 0.239 e. The molecule has 0 unspecified atom stereocenters. The van der Waals surface area contributed by atoms with Crippen molar-refractivity contribution in [3.63, 3.8) is 0 Å². The monoisotopic (exact) mass is 313 g/mol. The molecule has 1 aromatic rings. The van der Waals surface area contributed by atoms with Gasteiger partial charge >= 0.3 is 0 Å². The van der Waals surface area contributed by atoms with E-state index in [1.54, 1.807) is 0 Å². The van der Waals surface area contributed by atoms with Gasteiger partial charge in [-0.1, -0.05) is 6.07 Å². The maximum absolute atomic E-state index is 11.6. The van der Waals surface area contributed by atoms with E-state index in [4.69, 9.17) is 0 Å². The third-order valence-corrected chi connectivity index (χ3v) is 3.10. The number of likely N-dealkylation sites (N-methyl/N-ethyl adjacent to an activating group) is 1. The van der Waals surface area contributed by atoms with Gasteiger partial charge in [-0.15, -0.1) is 0 Å². The minimum atomic E-state index is 0.00400. The molecule has 0 spiro atoms. The van der Waals surface area contributed by atoms with E-state index in [1.807, 2.05) is 44.1 Å². The van der Waals surface area contributed by atoms with Crippen molar-refractivity contribution in [2.45, 2.75) is 6.92 Å². The smallest absolute Gasteiger partial charge is 0.239 e. The van der Waals surface area contributed by atoms with Gasteiger partial charge in [-0.3, -0.25) is 4.79 Å². The fourth-order valence-electron chi connectivity index (χ4n) is 1.42. The third kappa shape index (κ3) is 5.51. The SMILES string of the molecule is Cc1ccc(NCC(=O)NCCN(C)C)c(Br)c1. The molecule has 0 aliphatic rings. The lowest BCUT2D eigenvalue weighted by atomic mass is 10.2. The Morgan fingerprint density at radius 3 is 2.72 bits per heavy atom. The predicted octanol–water partition coefficient (Wildman–Crippen LogP) is 1.85. The second-order valence-corrected chi connectivity index (χ2v) is 5.34. The molecular weight excluding hydrogens is 294 g/mol. The number of rotatable bonds is 6. The fraction of sp³-hybridized carbons (Fsp3) is 0.462. The van der Waals surface area contributed by atoms with Crippen LogP contribution >= 0.6 is 15.9 Å². The van der Waals surface area contributed by atoms with Gasteiger partial charge in [0, 0.05) is 23.2 Å². The lowest BCUT2D eigenvalue weighted by Gasteiger charge is -2.12. The van der Waals surface area contributed by atoms with Crippen LogP contribution in [0, 0.1) is 6.92 Å². The highest BCUT2D eigenvalue weighted by Crippen LogP contribution is 2.22. The Morgan fingerprint density at radius 1 is 1.39 bits per heavy atom. The van der Waals surface area contributed by atoms with Crippen molar-refractivity contribution in [2.75, 3.05) is 39.0 Å². The highest BCUT2D eigenvalue weighted by Gasteiger charge is 2.03. The van der Waals surface area contributed by atoms with E-state index < -0.39 is 0 Å². The third-order valence-electron chi connectivity index (χ3n) is 2.45. The summed E-state index contributed by atoms with van der Waals surface area (Å²) in [5.74, 6) is 0.00400. The molecule has 0 aromatic heterocycles. The molecule has 2 N–H and O–H groups in total. The van der Waals surface area contributed by atoms with Crippen LogP contribution in [0.5, 0.6) is 0 Å². The number of hydrogen-bond donors (Lipinski definition) is 2. The molecule has 1 rings (SSSR count). The summed E-state index contributed by atoms with van der Waals surface area (Å²) in [7, 11) is 3.96. The largest absolute Gasteiger partial charge is 0.375 e. The normalized spacial score (nSPS) is 10.5. The number of benzene rings is 1. The number of anilines is 1. The summed E-state index contributed by atoms with van der Waals surface area (Å²) in [4.78, 5) is 13.6. The van der Waals surface area contributed by atoms with Crippen LogP contribution in [-0.4, -0.2) is 44.5 Å². The van der Waals surface area contributed by atoms with Gasteiger partial charge in [0.25, 0.3) is 0 Å². The molecule has 0 aliphatic carbocycles. The second kappa shape index (κ2) is 7.38. The second-order valence-electron chi connectivity index (χ2n) is 4.49. The number of aryl methyl sites for hydroxylation is 1.